The summed E-state index contributed by atoms with van der Waals surface area (Å²) in [4.78, 5) is 0.277. The van der Waals surface area contributed by atoms with Crippen LogP contribution in [0.1, 0.15) is 31.1 Å². The molecular weight excluding hydrogens is 350 g/mol. The number of ether oxygens (including phenoxy) is 2. The van der Waals surface area contributed by atoms with E-state index in [1.165, 1.54) is 4.31 Å². The number of aryl methyl sites for hydroxylation is 1. The van der Waals surface area contributed by atoms with Crippen molar-refractivity contribution in [1.82, 2.24) is 4.31 Å². The molecule has 2 aromatic rings. The van der Waals surface area contributed by atoms with Gasteiger partial charge in [0.1, 0.15) is 5.75 Å². The van der Waals surface area contributed by atoms with Gasteiger partial charge in [-0.1, -0.05) is 24.3 Å². The largest absolute Gasteiger partial charge is 0.491 e. The SMILES string of the molecule is Cc1ccccc1C1CN(S(=O)(=O)c2ccc(OC(C)C)cc2)CCO1. The third kappa shape index (κ3) is 4.09. The molecule has 140 valence electrons. The van der Waals surface area contributed by atoms with E-state index in [-0.39, 0.29) is 17.1 Å². The molecule has 1 atom stereocenters. The molecule has 1 aliphatic rings. The summed E-state index contributed by atoms with van der Waals surface area (Å²) >= 11 is 0. The normalized spacial score (nSPS) is 18.8. The molecule has 0 N–H and O–H groups in total. The fourth-order valence-corrected chi connectivity index (χ4v) is 4.52. The van der Waals surface area contributed by atoms with Gasteiger partial charge in [0.05, 0.1) is 23.7 Å². The minimum Gasteiger partial charge on any atom is -0.491 e. The van der Waals surface area contributed by atoms with Gasteiger partial charge in [0.15, 0.2) is 0 Å². The highest BCUT2D eigenvalue weighted by Gasteiger charge is 2.32. The van der Waals surface area contributed by atoms with Crippen LogP contribution >= 0.6 is 0 Å². The van der Waals surface area contributed by atoms with Crippen molar-refractivity contribution >= 4 is 10.0 Å². The summed E-state index contributed by atoms with van der Waals surface area (Å²) in [5, 5.41) is 0. The molecule has 6 heteroatoms. The van der Waals surface area contributed by atoms with Gasteiger partial charge in [-0.2, -0.15) is 4.31 Å². The van der Waals surface area contributed by atoms with Crippen LogP contribution in [0.25, 0.3) is 0 Å². The zero-order chi connectivity index (χ0) is 18.7. The van der Waals surface area contributed by atoms with Crippen LogP contribution in [0.4, 0.5) is 0 Å². The van der Waals surface area contributed by atoms with Gasteiger partial charge in [-0.05, 0) is 56.2 Å². The van der Waals surface area contributed by atoms with Gasteiger partial charge in [-0.25, -0.2) is 8.42 Å². The van der Waals surface area contributed by atoms with Crippen LogP contribution in [0.3, 0.4) is 0 Å². The minimum atomic E-state index is -3.56. The summed E-state index contributed by atoms with van der Waals surface area (Å²) in [7, 11) is -3.56. The highest BCUT2D eigenvalue weighted by atomic mass is 32.2. The maximum absolute atomic E-state index is 13.0. The molecule has 2 aromatic carbocycles. The fraction of sp³-hybridized carbons (Fsp3) is 0.400. The number of rotatable bonds is 5. The van der Waals surface area contributed by atoms with Crippen molar-refractivity contribution in [3.05, 3.63) is 59.7 Å². The molecule has 0 saturated carbocycles. The maximum Gasteiger partial charge on any atom is 0.243 e. The number of benzene rings is 2. The fourth-order valence-electron chi connectivity index (χ4n) is 3.09. The second kappa shape index (κ2) is 7.78. The summed E-state index contributed by atoms with van der Waals surface area (Å²) in [5.74, 6) is 0.665. The molecule has 0 aromatic heterocycles. The maximum atomic E-state index is 13.0. The zero-order valence-electron chi connectivity index (χ0n) is 15.4. The van der Waals surface area contributed by atoms with Gasteiger partial charge in [0.25, 0.3) is 0 Å². The van der Waals surface area contributed by atoms with Crippen molar-refractivity contribution in [3.63, 3.8) is 0 Å². The molecule has 0 amide bonds. The molecule has 1 heterocycles. The van der Waals surface area contributed by atoms with Crippen molar-refractivity contribution < 1.29 is 17.9 Å². The Morgan fingerprint density at radius 3 is 2.46 bits per heavy atom. The topological polar surface area (TPSA) is 55.8 Å². The Hall–Kier alpha value is -1.89. The zero-order valence-corrected chi connectivity index (χ0v) is 16.2. The average molecular weight is 375 g/mol. The number of sulfonamides is 1. The lowest BCUT2D eigenvalue weighted by atomic mass is 10.0. The molecule has 1 unspecified atom stereocenters. The van der Waals surface area contributed by atoms with Crippen molar-refractivity contribution in [2.24, 2.45) is 0 Å². The van der Waals surface area contributed by atoms with E-state index in [0.29, 0.717) is 25.4 Å². The smallest absolute Gasteiger partial charge is 0.243 e. The monoisotopic (exact) mass is 375 g/mol. The van der Waals surface area contributed by atoms with E-state index in [1.807, 2.05) is 45.0 Å². The van der Waals surface area contributed by atoms with Gasteiger partial charge in [0.2, 0.25) is 10.0 Å². The summed E-state index contributed by atoms with van der Waals surface area (Å²) in [5.41, 5.74) is 2.14. The van der Waals surface area contributed by atoms with E-state index in [1.54, 1.807) is 24.3 Å². The number of hydrogen-bond acceptors (Lipinski definition) is 4. The molecule has 0 bridgehead atoms. The minimum absolute atomic E-state index is 0.0478. The molecule has 5 nitrogen and oxygen atoms in total. The summed E-state index contributed by atoms with van der Waals surface area (Å²) in [6.07, 6.45) is -0.199. The molecule has 3 rings (SSSR count). The Bertz CT molecular complexity index is 846. The van der Waals surface area contributed by atoms with Crippen molar-refractivity contribution in [2.45, 2.75) is 37.9 Å². The number of hydrogen-bond donors (Lipinski definition) is 0. The Balaban J connectivity index is 1.79. The van der Waals surface area contributed by atoms with Crippen LogP contribution in [0, 0.1) is 6.92 Å². The van der Waals surface area contributed by atoms with E-state index >= 15 is 0 Å². The third-order valence-electron chi connectivity index (χ3n) is 4.40. The molecule has 1 fully saturated rings. The highest BCUT2D eigenvalue weighted by Crippen LogP contribution is 2.29. The van der Waals surface area contributed by atoms with Crippen molar-refractivity contribution in [2.75, 3.05) is 19.7 Å². The first-order valence-electron chi connectivity index (χ1n) is 8.82. The first-order chi connectivity index (χ1) is 12.4. The van der Waals surface area contributed by atoms with Gasteiger partial charge >= 0.3 is 0 Å². The Labute approximate surface area is 155 Å². The van der Waals surface area contributed by atoms with Gasteiger partial charge in [-0.3, -0.25) is 0 Å². The second-order valence-electron chi connectivity index (χ2n) is 6.72. The number of morpholine rings is 1. The van der Waals surface area contributed by atoms with Crippen molar-refractivity contribution in [3.8, 4) is 5.75 Å². The lowest BCUT2D eigenvalue weighted by Gasteiger charge is -2.33. The summed E-state index contributed by atoms with van der Waals surface area (Å²) in [6.45, 7) is 6.94. The molecule has 1 saturated heterocycles. The standard InChI is InChI=1S/C20H25NO4S/c1-15(2)25-17-8-10-18(11-9-17)26(22,23)21-12-13-24-20(14-21)19-7-5-4-6-16(19)3/h4-11,15,20H,12-14H2,1-3H3. The molecule has 0 spiro atoms. The Kier molecular flexibility index (Phi) is 5.65. The average Bonchev–Trinajstić information content (AvgIpc) is 2.62. The quantitative estimate of drug-likeness (QED) is 0.802. The Morgan fingerprint density at radius 1 is 1.12 bits per heavy atom. The third-order valence-corrected chi connectivity index (χ3v) is 6.28. The summed E-state index contributed by atoms with van der Waals surface area (Å²) in [6, 6.07) is 14.5. The van der Waals surface area contributed by atoms with E-state index in [9.17, 15) is 8.42 Å². The predicted molar refractivity (Wildman–Crippen MR) is 101 cm³/mol. The van der Waals surface area contributed by atoms with Gasteiger partial charge in [-0.15, -0.1) is 0 Å². The molecule has 1 aliphatic heterocycles. The van der Waals surface area contributed by atoms with Crippen LogP contribution < -0.4 is 4.74 Å². The van der Waals surface area contributed by atoms with E-state index in [0.717, 1.165) is 11.1 Å². The first kappa shape index (κ1) is 18.9. The van der Waals surface area contributed by atoms with Crippen molar-refractivity contribution in [1.29, 1.82) is 0 Å². The lowest BCUT2D eigenvalue weighted by molar-refractivity contribution is -0.00288. The van der Waals surface area contributed by atoms with Crippen LogP contribution in [0.5, 0.6) is 5.75 Å². The lowest BCUT2D eigenvalue weighted by Crippen LogP contribution is -2.42. The number of nitrogens with zero attached hydrogens (tertiary/aromatic N) is 1. The molecule has 0 aliphatic carbocycles. The summed E-state index contributed by atoms with van der Waals surface area (Å²) < 4.78 is 39.0. The van der Waals surface area contributed by atoms with Crippen LogP contribution in [-0.2, 0) is 14.8 Å². The van der Waals surface area contributed by atoms with Crippen LogP contribution in [0.2, 0.25) is 0 Å². The van der Waals surface area contributed by atoms with Gasteiger partial charge in [0, 0.05) is 13.1 Å². The molecule has 26 heavy (non-hydrogen) atoms. The molecule has 0 radical (unpaired) electrons. The van der Waals surface area contributed by atoms with E-state index in [4.69, 9.17) is 9.47 Å². The first-order valence-corrected chi connectivity index (χ1v) is 10.3. The highest BCUT2D eigenvalue weighted by molar-refractivity contribution is 7.89. The van der Waals surface area contributed by atoms with Crippen LogP contribution in [-0.4, -0.2) is 38.5 Å². The second-order valence-corrected chi connectivity index (χ2v) is 8.66. The predicted octanol–water partition coefficient (Wildman–Crippen LogP) is 3.54. The van der Waals surface area contributed by atoms with Crippen LogP contribution in [0.15, 0.2) is 53.4 Å². The van der Waals surface area contributed by atoms with E-state index in [2.05, 4.69) is 0 Å². The molecular formula is C20H25NO4S. The van der Waals surface area contributed by atoms with E-state index < -0.39 is 10.0 Å². The Morgan fingerprint density at radius 2 is 1.81 bits per heavy atom. The van der Waals surface area contributed by atoms with Gasteiger partial charge < -0.3 is 9.47 Å².